The molecule has 2 aromatic rings. The van der Waals surface area contributed by atoms with Gasteiger partial charge in [0.05, 0.1) is 17.0 Å². The maximum Gasteiger partial charge on any atom is 0.243 e. The second-order valence-corrected chi connectivity index (χ2v) is 6.52. The van der Waals surface area contributed by atoms with Crippen LogP contribution >= 0.6 is 0 Å². The first-order valence-corrected chi connectivity index (χ1v) is 8.08. The largest absolute Gasteiger partial charge is 0.384 e. The van der Waals surface area contributed by atoms with Gasteiger partial charge in [-0.3, -0.25) is 0 Å². The lowest BCUT2D eigenvalue weighted by Gasteiger charge is -2.20. The van der Waals surface area contributed by atoms with Crippen molar-refractivity contribution < 1.29 is 13.2 Å². The molecule has 0 amide bonds. The highest BCUT2D eigenvalue weighted by Crippen LogP contribution is 2.21. The Kier molecular flexibility index (Phi) is 4.76. The standard InChI is InChI=1S/C14H19N3O3S/c1-3-17(8-9-20-2)21(18,19)12-5-6-13-11(10-12)4-7-14(15)16-13/h4-7,10H,3,8-9H2,1-2H3,(H2,15,16). The van der Waals surface area contributed by atoms with Crippen LogP contribution in [0.15, 0.2) is 35.2 Å². The maximum atomic E-state index is 12.6. The van der Waals surface area contributed by atoms with Gasteiger partial charge in [0.25, 0.3) is 0 Å². The number of fused-ring (bicyclic) bond motifs is 1. The van der Waals surface area contributed by atoms with E-state index in [9.17, 15) is 8.42 Å². The van der Waals surface area contributed by atoms with E-state index in [0.717, 1.165) is 5.39 Å². The van der Waals surface area contributed by atoms with Crippen molar-refractivity contribution in [3.05, 3.63) is 30.3 Å². The molecule has 0 saturated carbocycles. The lowest BCUT2D eigenvalue weighted by Crippen LogP contribution is -2.33. The average Bonchev–Trinajstić information content (AvgIpc) is 2.47. The minimum absolute atomic E-state index is 0.250. The van der Waals surface area contributed by atoms with E-state index < -0.39 is 10.0 Å². The molecule has 0 unspecified atom stereocenters. The predicted molar refractivity (Wildman–Crippen MR) is 82.5 cm³/mol. The number of likely N-dealkylation sites (N-methyl/N-ethyl adjacent to an activating group) is 1. The molecule has 21 heavy (non-hydrogen) atoms. The Morgan fingerprint density at radius 2 is 2.05 bits per heavy atom. The van der Waals surface area contributed by atoms with Crippen LogP contribution in [0.4, 0.5) is 5.82 Å². The number of aromatic nitrogens is 1. The molecule has 0 aliphatic heterocycles. The van der Waals surface area contributed by atoms with Crippen LogP contribution in [0.1, 0.15) is 6.92 Å². The Balaban J connectivity index is 2.41. The van der Waals surface area contributed by atoms with Crippen LogP contribution in [-0.2, 0) is 14.8 Å². The first-order valence-electron chi connectivity index (χ1n) is 6.64. The number of ether oxygens (including phenoxy) is 1. The van der Waals surface area contributed by atoms with E-state index in [1.54, 1.807) is 44.4 Å². The van der Waals surface area contributed by atoms with E-state index in [1.807, 2.05) is 0 Å². The zero-order valence-electron chi connectivity index (χ0n) is 12.1. The number of hydrogen-bond donors (Lipinski definition) is 1. The fourth-order valence-corrected chi connectivity index (χ4v) is 3.54. The lowest BCUT2D eigenvalue weighted by molar-refractivity contribution is 0.180. The number of nitrogens with zero attached hydrogens (tertiary/aromatic N) is 2. The quantitative estimate of drug-likeness (QED) is 0.873. The first-order chi connectivity index (χ1) is 9.98. The van der Waals surface area contributed by atoms with E-state index in [-0.39, 0.29) is 4.90 Å². The van der Waals surface area contributed by atoms with Gasteiger partial charge in [-0.2, -0.15) is 4.31 Å². The van der Waals surface area contributed by atoms with E-state index >= 15 is 0 Å². The highest BCUT2D eigenvalue weighted by molar-refractivity contribution is 7.89. The van der Waals surface area contributed by atoms with Crippen LogP contribution in [0.25, 0.3) is 10.9 Å². The third kappa shape index (κ3) is 3.31. The number of sulfonamides is 1. The van der Waals surface area contributed by atoms with Crippen LogP contribution in [0, 0.1) is 0 Å². The summed E-state index contributed by atoms with van der Waals surface area (Å²) in [5.74, 6) is 0.411. The molecular weight excluding hydrogens is 290 g/mol. The number of benzene rings is 1. The molecule has 0 spiro atoms. The van der Waals surface area contributed by atoms with E-state index in [4.69, 9.17) is 10.5 Å². The minimum Gasteiger partial charge on any atom is -0.384 e. The van der Waals surface area contributed by atoms with Crippen LogP contribution < -0.4 is 5.73 Å². The Bertz CT molecular complexity index is 731. The summed E-state index contributed by atoms with van der Waals surface area (Å²) in [5, 5.41) is 0.744. The summed E-state index contributed by atoms with van der Waals surface area (Å²) in [6, 6.07) is 8.26. The summed E-state index contributed by atoms with van der Waals surface area (Å²) >= 11 is 0. The average molecular weight is 309 g/mol. The zero-order valence-corrected chi connectivity index (χ0v) is 12.9. The van der Waals surface area contributed by atoms with Crippen molar-refractivity contribution in [2.24, 2.45) is 0 Å². The topological polar surface area (TPSA) is 85.5 Å². The Morgan fingerprint density at radius 3 is 2.71 bits per heavy atom. The summed E-state index contributed by atoms with van der Waals surface area (Å²) < 4.78 is 31.6. The second-order valence-electron chi connectivity index (χ2n) is 4.58. The Hall–Kier alpha value is -1.70. The lowest BCUT2D eigenvalue weighted by atomic mass is 10.2. The fraction of sp³-hybridized carbons (Fsp3) is 0.357. The molecule has 0 fully saturated rings. The minimum atomic E-state index is -3.53. The molecule has 114 valence electrons. The van der Waals surface area contributed by atoms with Crippen LogP contribution in [0.3, 0.4) is 0 Å². The molecule has 2 rings (SSSR count). The molecule has 0 saturated heterocycles. The van der Waals surface area contributed by atoms with Crippen LogP contribution in [-0.4, -0.2) is 44.5 Å². The molecule has 1 aromatic carbocycles. The molecule has 6 nitrogen and oxygen atoms in total. The molecule has 7 heteroatoms. The van der Waals surface area contributed by atoms with Crippen LogP contribution in [0.2, 0.25) is 0 Å². The molecule has 0 bridgehead atoms. The fourth-order valence-electron chi connectivity index (χ4n) is 2.07. The van der Waals surface area contributed by atoms with E-state index in [2.05, 4.69) is 4.98 Å². The van der Waals surface area contributed by atoms with Gasteiger partial charge in [0.15, 0.2) is 0 Å². The van der Waals surface area contributed by atoms with Crippen LogP contribution in [0.5, 0.6) is 0 Å². The number of nitrogen functional groups attached to an aromatic ring is 1. The van der Waals surface area contributed by atoms with Crippen molar-refractivity contribution in [1.29, 1.82) is 0 Å². The molecule has 1 aromatic heterocycles. The smallest absolute Gasteiger partial charge is 0.243 e. The van der Waals surface area contributed by atoms with Gasteiger partial charge >= 0.3 is 0 Å². The monoisotopic (exact) mass is 309 g/mol. The number of methoxy groups -OCH3 is 1. The predicted octanol–water partition coefficient (Wildman–Crippen LogP) is 1.47. The first kappa shape index (κ1) is 15.7. The summed E-state index contributed by atoms with van der Waals surface area (Å²) in [6.45, 7) is 2.88. The van der Waals surface area contributed by atoms with Crippen molar-refractivity contribution in [2.45, 2.75) is 11.8 Å². The van der Waals surface area contributed by atoms with Gasteiger partial charge in [0, 0.05) is 25.6 Å². The molecular formula is C14H19N3O3S. The van der Waals surface area contributed by atoms with Gasteiger partial charge < -0.3 is 10.5 Å². The molecule has 1 heterocycles. The van der Waals surface area contributed by atoms with E-state index in [0.29, 0.717) is 31.0 Å². The number of pyridine rings is 1. The maximum absolute atomic E-state index is 12.6. The summed E-state index contributed by atoms with van der Waals surface area (Å²) in [7, 11) is -1.98. The zero-order chi connectivity index (χ0) is 15.5. The highest BCUT2D eigenvalue weighted by atomic mass is 32.2. The molecule has 0 aliphatic rings. The molecule has 2 N–H and O–H groups in total. The number of nitrogens with two attached hydrogens (primary N) is 1. The third-order valence-corrected chi connectivity index (χ3v) is 5.19. The third-order valence-electron chi connectivity index (χ3n) is 3.22. The van der Waals surface area contributed by atoms with Crippen molar-refractivity contribution in [3.63, 3.8) is 0 Å². The SMILES string of the molecule is CCN(CCOC)S(=O)(=O)c1ccc2nc(N)ccc2c1. The normalized spacial score (nSPS) is 12.1. The Labute approximate surface area is 124 Å². The van der Waals surface area contributed by atoms with Gasteiger partial charge in [-0.25, -0.2) is 13.4 Å². The second kappa shape index (κ2) is 6.38. The number of hydrogen-bond acceptors (Lipinski definition) is 5. The Morgan fingerprint density at radius 1 is 1.29 bits per heavy atom. The van der Waals surface area contributed by atoms with Crippen molar-refractivity contribution in [3.8, 4) is 0 Å². The van der Waals surface area contributed by atoms with Crippen molar-refractivity contribution in [1.82, 2.24) is 9.29 Å². The van der Waals surface area contributed by atoms with Gasteiger partial charge in [0.1, 0.15) is 5.82 Å². The van der Waals surface area contributed by atoms with Gasteiger partial charge in [-0.05, 0) is 30.3 Å². The van der Waals surface area contributed by atoms with Crippen molar-refractivity contribution >= 4 is 26.7 Å². The van der Waals surface area contributed by atoms with Gasteiger partial charge in [0.2, 0.25) is 10.0 Å². The number of rotatable bonds is 6. The molecule has 0 atom stereocenters. The van der Waals surface area contributed by atoms with Crippen molar-refractivity contribution in [2.75, 3.05) is 32.5 Å². The number of anilines is 1. The summed E-state index contributed by atoms with van der Waals surface area (Å²) in [6.07, 6.45) is 0. The summed E-state index contributed by atoms with van der Waals surface area (Å²) in [4.78, 5) is 4.41. The highest BCUT2D eigenvalue weighted by Gasteiger charge is 2.22. The van der Waals surface area contributed by atoms with Gasteiger partial charge in [-0.15, -0.1) is 0 Å². The molecule has 0 aliphatic carbocycles. The van der Waals surface area contributed by atoms with E-state index in [1.165, 1.54) is 4.31 Å². The molecule has 0 radical (unpaired) electrons. The summed E-state index contributed by atoms with van der Waals surface area (Å²) in [5.41, 5.74) is 6.30. The van der Waals surface area contributed by atoms with Gasteiger partial charge in [-0.1, -0.05) is 6.92 Å².